The number of aliphatic hydroxyl groups is 2. The molecular formula is C28H32N4O3. The molecule has 1 atom stereocenters. The molecule has 3 aromatic carbocycles. The number of aromatic nitrogens is 2. The first kappa shape index (κ1) is 24.6. The first-order valence-electron chi connectivity index (χ1n) is 11.8. The lowest BCUT2D eigenvalue weighted by molar-refractivity contribution is 0.0924. The number of carbonyl (C=O) groups is 1. The van der Waals surface area contributed by atoms with E-state index in [0.29, 0.717) is 34.6 Å². The first-order chi connectivity index (χ1) is 16.8. The number of imidazole rings is 1. The predicted molar refractivity (Wildman–Crippen MR) is 137 cm³/mol. The molecule has 0 saturated heterocycles. The second-order valence-corrected chi connectivity index (χ2v) is 9.10. The van der Waals surface area contributed by atoms with Crippen LogP contribution in [-0.4, -0.2) is 63.9 Å². The smallest absolute Gasteiger partial charge is 0.251 e. The van der Waals surface area contributed by atoms with Gasteiger partial charge in [0.2, 0.25) is 0 Å². The molecule has 0 fully saturated rings. The summed E-state index contributed by atoms with van der Waals surface area (Å²) in [5.74, 6) is 0.226. The van der Waals surface area contributed by atoms with Gasteiger partial charge in [-0.1, -0.05) is 60.7 Å². The minimum Gasteiger partial charge on any atom is -0.392 e. The normalized spacial score (nSPS) is 12.7. The Morgan fingerprint density at radius 2 is 1.63 bits per heavy atom. The lowest BCUT2D eigenvalue weighted by Crippen LogP contribution is -2.34. The van der Waals surface area contributed by atoms with E-state index in [2.05, 4.69) is 10.2 Å². The molecule has 7 heteroatoms. The third-order valence-corrected chi connectivity index (χ3v) is 6.05. The van der Waals surface area contributed by atoms with E-state index in [1.165, 1.54) is 0 Å². The summed E-state index contributed by atoms with van der Waals surface area (Å²) in [6, 6.07) is 24.4. The highest BCUT2D eigenvalue weighted by molar-refractivity contribution is 5.97. The summed E-state index contributed by atoms with van der Waals surface area (Å²) >= 11 is 0. The Kier molecular flexibility index (Phi) is 7.31. The van der Waals surface area contributed by atoms with Crippen LogP contribution in [0.3, 0.4) is 0 Å². The fraction of sp³-hybridized carbons (Fsp3) is 0.286. The number of fused-ring (bicyclic) bond motifs is 1. The van der Waals surface area contributed by atoms with Gasteiger partial charge in [0.25, 0.3) is 5.91 Å². The van der Waals surface area contributed by atoms with Crippen molar-refractivity contribution in [2.75, 3.05) is 27.2 Å². The van der Waals surface area contributed by atoms with Gasteiger partial charge < -0.3 is 25.0 Å². The molecule has 182 valence electrons. The Morgan fingerprint density at radius 1 is 1.03 bits per heavy atom. The molecule has 0 spiro atoms. The van der Waals surface area contributed by atoms with Crippen LogP contribution in [0.2, 0.25) is 0 Å². The average molecular weight is 473 g/mol. The molecule has 3 N–H and O–H groups in total. The van der Waals surface area contributed by atoms with E-state index in [9.17, 15) is 15.0 Å². The van der Waals surface area contributed by atoms with Gasteiger partial charge in [-0.15, -0.1) is 0 Å². The Bertz CT molecular complexity index is 1240. The van der Waals surface area contributed by atoms with Crippen molar-refractivity contribution in [2.24, 2.45) is 0 Å². The van der Waals surface area contributed by atoms with Crippen LogP contribution < -0.4 is 5.32 Å². The van der Waals surface area contributed by atoms with E-state index < -0.39 is 11.7 Å². The number of benzene rings is 3. The summed E-state index contributed by atoms with van der Waals surface area (Å²) in [5, 5.41) is 24.7. The van der Waals surface area contributed by atoms with Crippen LogP contribution in [0, 0.1) is 0 Å². The molecule has 7 nitrogen and oxygen atoms in total. The SMILES string of the molecule is C[C@@H](O)CNC(=O)c1ccc2nc(C(O)(c3ccccc3)c3ccccc3)n(CCN(C)C)c2c1. The van der Waals surface area contributed by atoms with Crippen molar-refractivity contribution in [3.63, 3.8) is 0 Å². The molecular weight excluding hydrogens is 440 g/mol. The van der Waals surface area contributed by atoms with E-state index in [1.807, 2.05) is 79.3 Å². The van der Waals surface area contributed by atoms with E-state index in [1.54, 1.807) is 25.1 Å². The first-order valence-corrected chi connectivity index (χ1v) is 11.8. The van der Waals surface area contributed by atoms with Crippen molar-refractivity contribution in [3.05, 3.63) is 101 Å². The van der Waals surface area contributed by atoms with Crippen LogP contribution in [-0.2, 0) is 12.1 Å². The third-order valence-electron chi connectivity index (χ3n) is 6.05. The van der Waals surface area contributed by atoms with Gasteiger partial charge in [0.1, 0.15) is 0 Å². The zero-order chi connectivity index (χ0) is 25.0. The number of amides is 1. The Morgan fingerprint density at radius 3 is 2.17 bits per heavy atom. The minimum absolute atomic E-state index is 0.170. The molecule has 0 bridgehead atoms. The topological polar surface area (TPSA) is 90.6 Å². The molecule has 0 unspecified atom stereocenters. The summed E-state index contributed by atoms with van der Waals surface area (Å²) in [6.07, 6.45) is -0.633. The van der Waals surface area contributed by atoms with E-state index in [0.717, 1.165) is 12.1 Å². The molecule has 1 amide bonds. The van der Waals surface area contributed by atoms with Gasteiger partial charge in [0, 0.05) is 25.2 Å². The zero-order valence-corrected chi connectivity index (χ0v) is 20.3. The number of aliphatic hydroxyl groups excluding tert-OH is 1. The average Bonchev–Trinajstić information content (AvgIpc) is 3.24. The van der Waals surface area contributed by atoms with Gasteiger partial charge in [0.15, 0.2) is 11.4 Å². The lowest BCUT2D eigenvalue weighted by Gasteiger charge is -2.30. The Balaban J connectivity index is 1.92. The fourth-order valence-electron chi connectivity index (χ4n) is 4.19. The van der Waals surface area contributed by atoms with E-state index in [-0.39, 0.29) is 12.5 Å². The number of nitrogens with zero attached hydrogens (tertiary/aromatic N) is 3. The summed E-state index contributed by atoms with van der Waals surface area (Å²) in [7, 11) is 3.99. The maximum absolute atomic E-state index is 12.7. The molecule has 0 aliphatic carbocycles. The number of hydrogen-bond acceptors (Lipinski definition) is 5. The standard InChI is InChI=1S/C28H32N4O3/c1-20(33)19-29-26(34)21-14-15-24-25(18-21)32(17-16-31(2)3)27(30-24)28(35,22-10-6-4-7-11-22)23-12-8-5-9-13-23/h4-15,18,20,33,35H,16-17,19H2,1-3H3,(H,29,34)/t20-/m1/s1. The molecule has 4 aromatic rings. The largest absolute Gasteiger partial charge is 0.392 e. The number of hydrogen-bond donors (Lipinski definition) is 3. The number of carbonyl (C=O) groups excluding carboxylic acids is 1. The number of nitrogens with one attached hydrogen (secondary N) is 1. The minimum atomic E-state index is -1.50. The van der Waals surface area contributed by atoms with Crippen molar-refractivity contribution in [2.45, 2.75) is 25.2 Å². The number of likely N-dealkylation sites (N-methyl/N-ethyl adjacent to an activating group) is 1. The molecule has 0 aliphatic rings. The van der Waals surface area contributed by atoms with E-state index in [4.69, 9.17) is 4.98 Å². The Labute approximate surface area is 205 Å². The fourth-order valence-corrected chi connectivity index (χ4v) is 4.19. The van der Waals surface area contributed by atoms with Crippen molar-refractivity contribution in [3.8, 4) is 0 Å². The van der Waals surface area contributed by atoms with Gasteiger partial charge in [0.05, 0.1) is 17.1 Å². The van der Waals surface area contributed by atoms with Crippen molar-refractivity contribution in [1.82, 2.24) is 19.8 Å². The van der Waals surface area contributed by atoms with E-state index >= 15 is 0 Å². The monoisotopic (exact) mass is 472 g/mol. The van der Waals surface area contributed by atoms with Gasteiger partial charge in [-0.2, -0.15) is 0 Å². The predicted octanol–water partition coefficient (Wildman–Crippen LogP) is 2.99. The Hall–Kier alpha value is -3.52. The highest BCUT2D eigenvalue weighted by atomic mass is 16.3. The summed E-state index contributed by atoms with van der Waals surface area (Å²) in [5.41, 5.74) is 1.85. The number of rotatable bonds is 9. The van der Waals surface area contributed by atoms with Gasteiger partial charge in [-0.3, -0.25) is 4.79 Å². The molecule has 1 aromatic heterocycles. The highest BCUT2D eigenvalue weighted by Gasteiger charge is 2.39. The molecule has 0 radical (unpaired) electrons. The van der Waals surface area contributed by atoms with Crippen LogP contribution in [0.5, 0.6) is 0 Å². The quantitative estimate of drug-likeness (QED) is 0.348. The van der Waals surface area contributed by atoms with Crippen molar-refractivity contribution >= 4 is 16.9 Å². The highest BCUT2D eigenvalue weighted by Crippen LogP contribution is 2.37. The summed E-state index contributed by atoms with van der Waals surface area (Å²) in [4.78, 5) is 19.7. The molecule has 0 saturated carbocycles. The molecule has 1 heterocycles. The summed E-state index contributed by atoms with van der Waals surface area (Å²) in [6.45, 7) is 3.08. The van der Waals surface area contributed by atoms with Gasteiger partial charge in [-0.25, -0.2) is 4.98 Å². The van der Waals surface area contributed by atoms with Gasteiger partial charge in [-0.05, 0) is 50.3 Å². The second kappa shape index (κ2) is 10.4. The van der Waals surface area contributed by atoms with Crippen LogP contribution in [0.1, 0.15) is 34.2 Å². The molecule has 4 rings (SSSR count). The maximum atomic E-state index is 12.7. The van der Waals surface area contributed by atoms with Crippen LogP contribution in [0.25, 0.3) is 11.0 Å². The summed E-state index contributed by atoms with van der Waals surface area (Å²) < 4.78 is 2.00. The maximum Gasteiger partial charge on any atom is 0.251 e. The van der Waals surface area contributed by atoms with Crippen LogP contribution >= 0.6 is 0 Å². The zero-order valence-electron chi connectivity index (χ0n) is 20.3. The van der Waals surface area contributed by atoms with Crippen LogP contribution in [0.15, 0.2) is 78.9 Å². The van der Waals surface area contributed by atoms with Crippen molar-refractivity contribution < 1.29 is 15.0 Å². The molecule has 0 aliphatic heterocycles. The van der Waals surface area contributed by atoms with Gasteiger partial charge >= 0.3 is 0 Å². The molecule has 35 heavy (non-hydrogen) atoms. The third kappa shape index (κ3) is 5.12. The van der Waals surface area contributed by atoms with Crippen LogP contribution in [0.4, 0.5) is 0 Å². The second-order valence-electron chi connectivity index (χ2n) is 9.10. The van der Waals surface area contributed by atoms with Crippen molar-refractivity contribution in [1.29, 1.82) is 0 Å². The lowest BCUT2D eigenvalue weighted by atomic mass is 9.85.